The molecule has 0 saturated carbocycles. The number of carbonyl (C=O) groups excluding carboxylic acids is 1. The number of benzene rings is 1. The summed E-state index contributed by atoms with van der Waals surface area (Å²) in [7, 11) is 1.81. The second kappa shape index (κ2) is 5.27. The van der Waals surface area contributed by atoms with E-state index in [0.29, 0.717) is 30.2 Å². The van der Waals surface area contributed by atoms with E-state index < -0.39 is 0 Å². The Labute approximate surface area is 107 Å². The molecule has 1 heterocycles. The highest BCUT2D eigenvalue weighted by atomic mass is 16.5. The van der Waals surface area contributed by atoms with Crippen molar-refractivity contribution in [3.8, 4) is 0 Å². The Hall–Kier alpha value is -1.75. The Balaban J connectivity index is 2.14. The van der Waals surface area contributed by atoms with Crippen molar-refractivity contribution in [2.75, 3.05) is 31.7 Å². The minimum absolute atomic E-state index is 0.0561. The molecule has 1 aromatic rings. The molecular formula is C13H19N3O2. The van der Waals surface area contributed by atoms with E-state index in [1.165, 1.54) is 0 Å². The molecule has 98 valence electrons. The predicted molar refractivity (Wildman–Crippen MR) is 71.2 cm³/mol. The summed E-state index contributed by atoms with van der Waals surface area (Å²) < 4.78 is 5.30. The lowest BCUT2D eigenvalue weighted by molar-refractivity contribution is 0.0362. The molecule has 1 amide bonds. The number of ether oxygens (including phenoxy) is 1. The molecule has 0 unspecified atom stereocenters. The van der Waals surface area contributed by atoms with Gasteiger partial charge in [0.15, 0.2) is 0 Å². The molecule has 4 N–H and O–H groups in total. The highest BCUT2D eigenvalue weighted by Crippen LogP contribution is 2.20. The second-order valence-corrected chi connectivity index (χ2v) is 4.61. The Morgan fingerprint density at radius 2 is 2.00 bits per heavy atom. The van der Waals surface area contributed by atoms with Crippen LogP contribution in [-0.2, 0) is 4.74 Å². The maximum atomic E-state index is 12.3. The number of hydrogen-bond donors (Lipinski definition) is 2. The fourth-order valence-corrected chi connectivity index (χ4v) is 2.20. The Kier molecular flexibility index (Phi) is 3.72. The van der Waals surface area contributed by atoms with Gasteiger partial charge in [-0.1, -0.05) is 0 Å². The van der Waals surface area contributed by atoms with E-state index in [1.807, 2.05) is 7.05 Å². The number of rotatable bonds is 2. The molecule has 2 rings (SSSR count). The molecule has 0 radical (unpaired) electrons. The molecule has 1 fully saturated rings. The van der Waals surface area contributed by atoms with E-state index in [9.17, 15) is 4.79 Å². The van der Waals surface area contributed by atoms with Crippen molar-refractivity contribution in [1.29, 1.82) is 0 Å². The average Bonchev–Trinajstić information content (AvgIpc) is 2.38. The minimum Gasteiger partial charge on any atom is -0.399 e. The molecule has 1 aliphatic heterocycles. The first-order valence-corrected chi connectivity index (χ1v) is 6.09. The van der Waals surface area contributed by atoms with Gasteiger partial charge in [0.25, 0.3) is 5.91 Å². The first-order chi connectivity index (χ1) is 8.59. The number of nitrogen functional groups attached to an aromatic ring is 2. The summed E-state index contributed by atoms with van der Waals surface area (Å²) in [5.74, 6) is -0.0561. The van der Waals surface area contributed by atoms with Crippen molar-refractivity contribution < 1.29 is 9.53 Å². The standard InChI is InChI=1S/C13H19N3O2/c1-16(10-4-6-18-7-5-10)13(17)11-3-2-9(14)8-12(11)15/h2-3,8,10H,4-7,14-15H2,1H3. The third-order valence-corrected chi connectivity index (χ3v) is 3.36. The Morgan fingerprint density at radius 1 is 1.33 bits per heavy atom. The van der Waals surface area contributed by atoms with Crippen LogP contribution in [-0.4, -0.2) is 37.1 Å². The monoisotopic (exact) mass is 249 g/mol. The topological polar surface area (TPSA) is 81.6 Å². The number of hydrogen-bond acceptors (Lipinski definition) is 4. The zero-order valence-corrected chi connectivity index (χ0v) is 10.6. The quantitative estimate of drug-likeness (QED) is 0.769. The summed E-state index contributed by atoms with van der Waals surface area (Å²) in [6.07, 6.45) is 1.74. The van der Waals surface area contributed by atoms with Crippen LogP contribution in [0.1, 0.15) is 23.2 Å². The third-order valence-electron chi connectivity index (χ3n) is 3.36. The van der Waals surface area contributed by atoms with Crippen LogP contribution in [0.5, 0.6) is 0 Å². The summed E-state index contributed by atoms with van der Waals surface area (Å²) in [5.41, 5.74) is 13.0. The molecule has 0 atom stereocenters. The van der Waals surface area contributed by atoms with E-state index in [4.69, 9.17) is 16.2 Å². The van der Waals surface area contributed by atoms with E-state index in [1.54, 1.807) is 23.1 Å². The molecule has 0 aromatic heterocycles. The summed E-state index contributed by atoms with van der Waals surface area (Å²) in [6.45, 7) is 1.42. The van der Waals surface area contributed by atoms with Crippen LogP contribution in [0, 0.1) is 0 Å². The smallest absolute Gasteiger partial charge is 0.255 e. The van der Waals surface area contributed by atoms with Gasteiger partial charge in [0.2, 0.25) is 0 Å². The fraction of sp³-hybridized carbons (Fsp3) is 0.462. The zero-order valence-electron chi connectivity index (χ0n) is 10.6. The summed E-state index contributed by atoms with van der Waals surface area (Å²) in [6, 6.07) is 5.22. The molecule has 18 heavy (non-hydrogen) atoms. The Morgan fingerprint density at radius 3 is 2.61 bits per heavy atom. The minimum atomic E-state index is -0.0561. The molecular weight excluding hydrogens is 230 g/mol. The van der Waals surface area contributed by atoms with Crippen molar-refractivity contribution in [2.24, 2.45) is 0 Å². The van der Waals surface area contributed by atoms with Gasteiger partial charge in [-0.15, -0.1) is 0 Å². The predicted octanol–water partition coefficient (Wildman–Crippen LogP) is 1.10. The van der Waals surface area contributed by atoms with Gasteiger partial charge in [-0.3, -0.25) is 4.79 Å². The van der Waals surface area contributed by atoms with Crippen LogP contribution in [0.4, 0.5) is 11.4 Å². The number of carbonyl (C=O) groups is 1. The number of anilines is 2. The van der Waals surface area contributed by atoms with E-state index in [2.05, 4.69) is 0 Å². The van der Waals surface area contributed by atoms with Gasteiger partial charge < -0.3 is 21.1 Å². The van der Waals surface area contributed by atoms with E-state index in [-0.39, 0.29) is 11.9 Å². The molecule has 0 aliphatic carbocycles. The van der Waals surface area contributed by atoms with Gasteiger partial charge >= 0.3 is 0 Å². The maximum Gasteiger partial charge on any atom is 0.255 e. The van der Waals surface area contributed by atoms with Gasteiger partial charge in [-0.05, 0) is 31.0 Å². The van der Waals surface area contributed by atoms with E-state index >= 15 is 0 Å². The lowest BCUT2D eigenvalue weighted by Crippen LogP contribution is -2.40. The van der Waals surface area contributed by atoms with Gasteiger partial charge in [-0.25, -0.2) is 0 Å². The van der Waals surface area contributed by atoms with Crippen LogP contribution in [0.15, 0.2) is 18.2 Å². The van der Waals surface area contributed by atoms with E-state index in [0.717, 1.165) is 12.8 Å². The molecule has 1 aliphatic rings. The largest absolute Gasteiger partial charge is 0.399 e. The Bertz CT molecular complexity index is 442. The van der Waals surface area contributed by atoms with Crippen molar-refractivity contribution >= 4 is 17.3 Å². The second-order valence-electron chi connectivity index (χ2n) is 4.61. The molecule has 5 nitrogen and oxygen atoms in total. The molecule has 0 bridgehead atoms. The summed E-state index contributed by atoms with van der Waals surface area (Å²) >= 11 is 0. The van der Waals surface area contributed by atoms with Crippen LogP contribution in [0.3, 0.4) is 0 Å². The third kappa shape index (κ3) is 2.56. The average molecular weight is 249 g/mol. The fourth-order valence-electron chi connectivity index (χ4n) is 2.20. The summed E-state index contributed by atoms with van der Waals surface area (Å²) in [5, 5.41) is 0. The number of amides is 1. The molecule has 1 saturated heterocycles. The molecule has 1 aromatic carbocycles. The van der Waals surface area contributed by atoms with Crippen LogP contribution < -0.4 is 11.5 Å². The van der Waals surface area contributed by atoms with Crippen LogP contribution in [0.2, 0.25) is 0 Å². The highest BCUT2D eigenvalue weighted by molar-refractivity contribution is 5.99. The lowest BCUT2D eigenvalue weighted by Gasteiger charge is -2.31. The van der Waals surface area contributed by atoms with Gasteiger partial charge in [0, 0.05) is 37.7 Å². The van der Waals surface area contributed by atoms with Gasteiger partial charge in [0.1, 0.15) is 0 Å². The number of nitrogens with two attached hydrogens (primary N) is 2. The highest BCUT2D eigenvalue weighted by Gasteiger charge is 2.24. The van der Waals surface area contributed by atoms with Crippen molar-refractivity contribution in [2.45, 2.75) is 18.9 Å². The van der Waals surface area contributed by atoms with Gasteiger partial charge in [-0.2, -0.15) is 0 Å². The first-order valence-electron chi connectivity index (χ1n) is 6.09. The first kappa shape index (κ1) is 12.7. The van der Waals surface area contributed by atoms with Crippen LogP contribution in [0.25, 0.3) is 0 Å². The molecule has 0 spiro atoms. The zero-order chi connectivity index (χ0) is 13.1. The summed E-state index contributed by atoms with van der Waals surface area (Å²) in [4.78, 5) is 14.1. The number of nitrogens with zero attached hydrogens (tertiary/aromatic N) is 1. The van der Waals surface area contributed by atoms with Crippen LogP contribution >= 0.6 is 0 Å². The normalized spacial score (nSPS) is 16.5. The van der Waals surface area contributed by atoms with Gasteiger partial charge in [0.05, 0.1) is 5.56 Å². The lowest BCUT2D eigenvalue weighted by atomic mass is 10.1. The SMILES string of the molecule is CN(C(=O)c1ccc(N)cc1N)C1CCOCC1. The molecule has 5 heteroatoms. The maximum absolute atomic E-state index is 12.3. The van der Waals surface area contributed by atoms with Crippen molar-refractivity contribution in [1.82, 2.24) is 4.90 Å². The van der Waals surface area contributed by atoms with Crippen molar-refractivity contribution in [3.05, 3.63) is 23.8 Å². The van der Waals surface area contributed by atoms with Crippen molar-refractivity contribution in [3.63, 3.8) is 0 Å².